The molecule has 1 atom stereocenters. The molecule has 3 nitrogen and oxygen atoms in total. The first-order valence-corrected chi connectivity index (χ1v) is 9.07. The predicted molar refractivity (Wildman–Crippen MR) is 91.6 cm³/mol. The fourth-order valence-corrected chi connectivity index (χ4v) is 3.70. The van der Waals surface area contributed by atoms with Gasteiger partial charge in [0.1, 0.15) is 5.75 Å². The van der Waals surface area contributed by atoms with Crippen molar-refractivity contribution in [3.63, 3.8) is 0 Å². The molecule has 0 spiro atoms. The van der Waals surface area contributed by atoms with E-state index in [9.17, 15) is 4.79 Å². The normalized spacial score (nSPS) is 17.9. The molecule has 0 bridgehead atoms. The van der Waals surface area contributed by atoms with Gasteiger partial charge in [0.05, 0.1) is 4.47 Å². The lowest BCUT2D eigenvalue weighted by Crippen LogP contribution is -2.42. The van der Waals surface area contributed by atoms with Crippen LogP contribution in [0.4, 0.5) is 0 Å². The van der Waals surface area contributed by atoms with E-state index >= 15 is 0 Å². The second-order valence-electron chi connectivity index (χ2n) is 5.53. The Morgan fingerprint density at radius 2 is 1.90 bits per heavy atom. The van der Waals surface area contributed by atoms with Gasteiger partial charge in [0.25, 0.3) is 5.91 Å². The number of rotatable bonds is 4. The van der Waals surface area contributed by atoms with Crippen molar-refractivity contribution in [2.75, 3.05) is 0 Å². The van der Waals surface area contributed by atoms with Crippen LogP contribution < -0.4 is 10.1 Å². The number of hydrogen-bond acceptors (Lipinski definition) is 2. The summed E-state index contributed by atoms with van der Waals surface area (Å²) in [5, 5.41) is 3.12. The fourth-order valence-electron chi connectivity index (χ4n) is 2.56. The maximum absolute atomic E-state index is 12.2. The van der Waals surface area contributed by atoms with Gasteiger partial charge in [-0.3, -0.25) is 4.79 Å². The highest BCUT2D eigenvalue weighted by molar-refractivity contribution is 9.11. The van der Waals surface area contributed by atoms with Gasteiger partial charge < -0.3 is 10.1 Å². The average Bonchev–Trinajstić information content (AvgIpc) is 2.70. The van der Waals surface area contributed by atoms with E-state index in [1.165, 1.54) is 25.7 Å². The summed E-state index contributed by atoms with van der Waals surface area (Å²) in [5.74, 6) is 0.651. The molecule has 0 saturated heterocycles. The quantitative estimate of drug-likeness (QED) is 0.712. The molecule has 0 radical (unpaired) electrons. The first-order chi connectivity index (χ1) is 10.1. The molecule has 116 valence electrons. The van der Waals surface area contributed by atoms with Gasteiger partial charge in [0.15, 0.2) is 6.10 Å². The zero-order valence-electron chi connectivity index (χ0n) is 12.2. The average molecular weight is 419 g/mol. The summed E-state index contributed by atoms with van der Waals surface area (Å²) < 4.78 is 7.56. The van der Waals surface area contributed by atoms with Gasteiger partial charge >= 0.3 is 0 Å². The Labute approximate surface area is 143 Å². The Morgan fingerprint density at radius 3 is 2.52 bits per heavy atom. The lowest BCUT2D eigenvalue weighted by molar-refractivity contribution is -0.128. The van der Waals surface area contributed by atoms with Crippen molar-refractivity contribution in [2.24, 2.45) is 0 Å². The molecular weight excluding hydrogens is 398 g/mol. The van der Waals surface area contributed by atoms with E-state index in [4.69, 9.17) is 4.74 Å². The van der Waals surface area contributed by atoms with Crippen molar-refractivity contribution in [3.8, 4) is 5.75 Å². The van der Waals surface area contributed by atoms with Crippen LogP contribution >= 0.6 is 31.9 Å². The standard InChI is InChI=1S/C16H21Br2NO2/c1-11(21-15-9-8-12(17)10-14(15)18)16(20)19-13-6-4-2-3-5-7-13/h8-11,13H,2-7H2,1H3,(H,19,20)/t11-/m0/s1. The van der Waals surface area contributed by atoms with Crippen LogP contribution in [-0.4, -0.2) is 18.1 Å². The number of ether oxygens (including phenoxy) is 1. The van der Waals surface area contributed by atoms with Crippen LogP contribution in [0, 0.1) is 0 Å². The van der Waals surface area contributed by atoms with Crippen molar-refractivity contribution in [2.45, 2.75) is 57.6 Å². The monoisotopic (exact) mass is 417 g/mol. The highest BCUT2D eigenvalue weighted by atomic mass is 79.9. The Hall–Kier alpha value is -0.550. The predicted octanol–water partition coefficient (Wildman–Crippen LogP) is 4.82. The third kappa shape index (κ3) is 5.29. The van der Waals surface area contributed by atoms with Crippen molar-refractivity contribution >= 4 is 37.8 Å². The second kappa shape index (κ2) is 8.18. The molecule has 0 aliphatic heterocycles. The van der Waals surface area contributed by atoms with E-state index in [0.717, 1.165) is 21.8 Å². The summed E-state index contributed by atoms with van der Waals surface area (Å²) in [6.07, 6.45) is 6.65. The molecule has 0 unspecified atom stereocenters. The molecule has 1 saturated carbocycles. The zero-order chi connectivity index (χ0) is 15.2. The third-order valence-electron chi connectivity index (χ3n) is 3.77. The van der Waals surface area contributed by atoms with Crippen LogP contribution in [0.1, 0.15) is 45.4 Å². The Kier molecular flexibility index (Phi) is 6.55. The molecular formula is C16H21Br2NO2. The first kappa shape index (κ1) is 16.8. The van der Waals surface area contributed by atoms with Crippen LogP contribution in [0.15, 0.2) is 27.1 Å². The molecule has 1 aromatic rings. The third-order valence-corrected chi connectivity index (χ3v) is 4.88. The molecule has 1 aromatic carbocycles. The smallest absolute Gasteiger partial charge is 0.260 e. The maximum atomic E-state index is 12.2. The number of carbonyl (C=O) groups excluding carboxylic acids is 1. The van der Waals surface area contributed by atoms with Crippen molar-refractivity contribution in [1.29, 1.82) is 0 Å². The maximum Gasteiger partial charge on any atom is 0.260 e. The molecule has 1 amide bonds. The van der Waals surface area contributed by atoms with Gasteiger partial charge in [-0.15, -0.1) is 0 Å². The van der Waals surface area contributed by atoms with Crippen LogP contribution in [0.25, 0.3) is 0 Å². The van der Waals surface area contributed by atoms with Gasteiger partial charge in [-0.05, 0) is 53.9 Å². The van der Waals surface area contributed by atoms with Crippen LogP contribution in [0.2, 0.25) is 0 Å². The molecule has 21 heavy (non-hydrogen) atoms. The summed E-state index contributed by atoms with van der Waals surface area (Å²) in [7, 11) is 0. The SMILES string of the molecule is C[C@H](Oc1ccc(Br)cc1Br)C(=O)NC1CCCCCC1. The van der Waals surface area contributed by atoms with E-state index < -0.39 is 6.10 Å². The number of amides is 1. The van der Waals surface area contributed by atoms with Gasteiger partial charge in [-0.25, -0.2) is 0 Å². The molecule has 5 heteroatoms. The molecule has 1 aliphatic carbocycles. The van der Waals surface area contributed by atoms with E-state index in [2.05, 4.69) is 37.2 Å². The minimum Gasteiger partial charge on any atom is -0.480 e. The molecule has 1 N–H and O–H groups in total. The highest BCUT2D eigenvalue weighted by Crippen LogP contribution is 2.29. The van der Waals surface area contributed by atoms with Gasteiger partial charge in [-0.2, -0.15) is 0 Å². The van der Waals surface area contributed by atoms with Crippen LogP contribution in [0.3, 0.4) is 0 Å². The van der Waals surface area contributed by atoms with Crippen molar-refractivity contribution in [3.05, 3.63) is 27.1 Å². The number of nitrogens with one attached hydrogen (secondary N) is 1. The van der Waals surface area contributed by atoms with E-state index in [0.29, 0.717) is 11.8 Å². The van der Waals surface area contributed by atoms with E-state index in [1.807, 2.05) is 18.2 Å². The summed E-state index contributed by atoms with van der Waals surface area (Å²) >= 11 is 6.85. The molecule has 1 fully saturated rings. The van der Waals surface area contributed by atoms with Crippen LogP contribution in [0.5, 0.6) is 5.75 Å². The van der Waals surface area contributed by atoms with E-state index in [-0.39, 0.29) is 5.91 Å². The molecule has 0 heterocycles. The Balaban J connectivity index is 1.89. The van der Waals surface area contributed by atoms with Gasteiger partial charge in [-0.1, -0.05) is 41.6 Å². The van der Waals surface area contributed by atoms with Gasteiger partial charge in [0, 0.05) is 10.5 Å². The molecule has 2 rings (SSSR count). The van der Waals surface area contributed by atoms with Crippen LogP contribution in [-0.2, 0) is 4.79 Å². The molecule has 1 aliphatic rings. The number of halogens is 2. The summed E-state index contributed by atoms with van der Waals surface area (Å²) in [6.45, 7) is 1.79. The minimum atomic E-state index is -0.495. The summed E-state index contributed by atoms with van der Waals surface area (Å²) in [6, 6.07) is 5.96. The fraction of sp³-hybridized carbons (Fsp3) is 0.562. The number of benzene rings is 1. The largest absolute Gasteiger partial charge is 0.480 e. The second-order valence-corrected chi connectivity index (χ2v) is 7.30. The van der Waals surface area contributed by atoms with Crippen molar-refractivity contribution < 1.29 is 9.53 Å². The Bertz CT molecular complexity index is 485. The summed E-state index contributed by atoms with van der Waals surface area (Å²) in [5.41, 5.74) is 0. The van der Waals surface area contributed by atoms with Crippen molar-refractivity contribution in [1.82, 2.24) is 5.32 Å². The zero-order valence-corrected chi connectivity index (χ0v) is 15.4. The van der Waals surface area contributed by atoms with E-state index in [1.54, 1.807) is 6.92 Å². The number of hydrogen-bond donors (Lipinski definition) is 1. The number of carbonyl (C=O) groups is 1. The topological polar surface area (TPSA) is 38.3 Å². The highest BCUT2D eigenvalue weighted by Gasteiger charge is 2.20. The van der Waals surface area contributed by atoms with Gasteiger partial charge in [0.2, 0.25) is 0 Å². The first-order valence-electron chi connectivity index (χ1n) is 7.48. The summed E-state index contributed by atoms with van der Waals surface area (Å²) in [4.78, 5) is 12.2. The lowest BCUT2D eigenvalue weighted by atomic mass is 10.1. The lowest BCUT2D eigenvalue weighted by Gasteiger charge is -2.20. The minimum absolute atomic E-state index is 0.0308. The molecule has 0 aromatic heterocycles. The Morgan fingerprint density at radius 1 is 1.24 bits per heavy atom.